The van der Waals surface area contributed by atoms with Crippen LogP contribution in [0.25, 0.3) is 27.5 Å². The molecule has 0 radical (unpaired) electrons. The summed E-state index contributed by atoms with van der Waals surface area (Å²) in [5, 5.41) is 5.88. The third kappa shape index (κ3) is 4.49. The second-order valence-electron chi connectivity index (χ2n) is 8.72. The number of ether oxygens (including phenoxy) is 1. The van der Waals surface area contributed by atoms with Crippen LogP contribution >= 0.6 is 11.6 Å². The molecule has 0 atom stereocenters. The summed E-state index contributed by atoms with van der Waals surface area (Å²) in [6, 6.07) is 22.2. The molecule has 37 heavy (non-hydrogen) atoms. The zero-order valence-electron chi connectivity index (χ0n) is 20.7. The Morgan fingerprint density at radius 1 is 1.00 bits per heavy atom. The fraction of sp³-hybridized carbons (Fsp3) is 0.138. The van der Waals surface area contributed by atoms with Crippen LogP contribution < -0.4 is 15.6 Å². The number of aromatic nitrogens is 2. The molecule has 0 spiro atoms. The summed E-state index contributed by atoms with van der Waals surface area (Å²) in [7, 11) is 1.58. The number of rotatable bonds is 6. The minimum absolute atomic E-state index is 0.0159. The van der Waals surface area contributed by atoms with E-state index < -0.39 is 0 Å². The van der Waals surface area contributed by atoms with E-state index in [9.17, 15) is 9.59 Å². The van der Waals surface area contributed by atoms with Gasteiger partial charge in [-0.15, -0.1) is 0 Å². The molecule has 0 bridgehead atoms. The van der Waals surface area contributed by atoms with Gasteiger partial charge < -0.3 is 13.9 Å². The fourth-order valence-electron chi connectivity index (χ4n) is 4.71. The number of hydrogen-bond donors (Lipinski definition) is 1. The first-order valence-corrected chi connectivity index (χ1v) is 12.1. The molecule has 0 saturated carbocycles. The number of benzene rings is 3. The number of para-hydroxylation sites is 2. The zero-order chi connectivity index (χ0) is 26.1. The Kier molecular flexibility index (Phi) is 6.54. The molecule has 5 rings (SSSR count). The van der Waals surface area contributed by atoms with Crippen LogP contribution in [-0.2, 0) is 11.3 Å². The third-order valence-corrected chi connectivity index (χ3v) is 6.73. The van der Waals surface area contributed by atoms with Gasteiger partial charge in [0, 0.05) is 33.4 Å². The number of hydrazone groups is 1. The number of nitrogens with one attached hydrogen (secondary N) is 1. The number of hydrogen-bond acceptors (Lipinski definition) is 4. The minimum Gasteiger partial charge on any atom is -0.495 e. The van der Waals surface area contributed by atoms with Crippen molar-refractivity contribution in [1.29, 1.82) is 0 Å². The standard InChI is InChI=1S/C29H25ClN4O3/c1-18-14-20(19(2)34(18)21-12-13-27(37-3)24(30)15-21)16-31-32-28(35)17-33-25-10-6-4-8-22(25)29(36)23-9-5-7-11-26(23)33/h4-16H,17H2,1-3H3,(H,32,35)/b31-16-. The maximum atomic E-state index is 12.9. The summed E-state index contributed by atoms with van der Waals surface area (Å²) in [5.74, 6) is 0.312. The van der Waals surface area contributed by atoms with Gasteiger partial charge in [-0.1, -0.05) is 35.9 Å². The summed E-state index contributed by atoms with van der Waals surface area (Å²) in [6.45, 7) is 3.99. The normalized spacial score (nSPS) is 11.5. The van der Waals surface area contributed by atoms with Gasteiger partial charge in [-0.05, 0) is 62.4 Å². The lowest BCUT2D eigenvalue weighted by Crippen LogP contribution is -2.25. The Bertz CT molecular complexity index is 1690. The molecule has 3 aromatic carbocycles. The Hall–Kier alpha value is -4.36. The lowest BCUT2D eigenvalue weighted by molar-refractivity contribution is -0.121. The first kappa shape index (κ1) is 24.3. The van der Waals surface area contributed by atoms with E-state index in [1.807, 2.05) is 79.1 Å². The number of carbonyl (C=O) groups is 1. The molecule has 5 aromatic rings. The Morgan fingerprint density at radius 2 is 1.65 bits per heavy atom. The van der Waals surface area contributed by atoms with E-state index in [4.69, 9.17) is 16.3 Å². The smallest absolute Gasteiger partial charge is 0.260 e. The summed E-state index contributed by atoms with van der Waals surface area (Å²) in [4.78, 5) is 25.8. The number of pyridine rings is 1. The molecule has 0 fully saturated rings. The quantitative estimate of drug-likeness (QED) is 0.189. The van der Waals surface area contributed by atoms with Crippen molar-refractivity contribution in [2.24, 2.45) is 5.10 Å². The minimum atomic E-state index is -0.300. The number of amides is 1. The van der Waals surface area contributed by atoms with Crippen molar-refractivity contribution in [3.63, 3.8) is 0 Å². The average Bonchev–Trinajstić information content (AvgIpc) is 3.19. The van der Waals surface area contributed by atoms with Crippen molar-refractivity contribution in [2.45, 2.75) is 20.4 Å². The molecule has 0 aliphatic heterocycles. The van der Waals surface area contributed by atoms with Crippen molar-refractivity contribution in [3.05, 3.63) is 105 Å². The van der Waals surface area contributed by atoms with Crippen LogP contribution in [0.3, 0.4) is 0 Å². The number of carbonyl (C=O) groups excluding carboxylic acids is 1. The number of nitrogens with zero attached hydrogens (tertiary/aromatic N) is 3. The summed E-state index contributed by atoms with van der Waals surface area (Å²) in [5.41, 5.74) is 7.70. The maximum Gasteiger partial charge on any atom is 0.260 e. The predicted octanol–water partition coefficient (Wildman–Crippen LogP) is 5.37. The molecule has 1 amide bonds. The highest BCUT2D eigenvalue weighted by Gasteiger charge is 2.14. The number of methoxy groups -OCH3 is 1. The van der Waals surface area contributed by atoms with Crippen LogP contribution in [0.15, 0.2) is 82.7 Å². The van der Waals surface area contributed by atoms with Crippen LogP contribution in [0.4, 0.5) is 0 Å². The van der Waals surface area contributed by atoms with Crippen molar-refractivity contribution in [1.82, 2.24) is 14.6 Å². The van der Waals surface area contributed by atoms with E-state index in [-0.39, 0.29) is 17.9 Å². The molecule has 0 aliphatic rings. The van der Waals surface area contributed by atoms with E-state index >= 15 is 0 Å². The van der Waals surface area contributed by atoms with Crippen molar-refractivity contribution in [3.8, 4) is 11.4 Å². The van der Waals surface area contributed by atoms with Gasteiger partial charge in [0.2, 0.25) is 0 Å². The highest BCUT2D eigenvalue weighted by atomic mass is 35.5. The van der Waals surface area contributed by atoms with E-state index in [0.29, 0.717) is 32.6 Å². The van der Waals surface area contributed by atoms with Gasteiger partial charge in [-0.2, -0.15) is 5.10 Å². The number of aryl methyl sites for hydroxylation is 1. The van der Waals surface area contributed by atoms with Crippen LogP contribution in [0.2, 0.25) is 5.02 Å². The highest BCUT2D eigenvalue weighted by molar-refractivity contribution is 6.32. The summed E-state index contributed by atoms with van der Waals surface area (Å²) >= 11 is 6.33. The SMILES string of the molecule is COc1ccc(-n2c(C)cc(/C=N\NC(=O)Cn3c4ccccc4c(=O)c4ccccc43)c2C)cc1Cl. The molecule has 186 valence electrons. The Labute approximate surface area is 218 Å². The summed E-state index contributed by atoms with van der Waals surface area (Å²) < 4.78 is 9.16. The summed E-state index contributed by atoms with van der Waals surface area (Å²) in [6.07, 6.45) is 1.63. The number of halogens is 1. The van der Waals surface area contributed by atoms with E-state index in [1.54, 1.807) is 25.5 Å². The third-order valence-electron chi connectivity index (χ3n) is 6.44. The van der Waals surface area contributed by atoms with Gasteiger partial charge in [0.1, 0.15) is 12.3 Å². The van der Waals surface area contributed by atoms with E-state index in [2.05, 4.69) is 15.1 Å². The second-order valence-corrected chi connectivity index (χ2v) is 9.13. The Morgan fingerprint density at radius 3 is 2.27 bits per heavy atom. The van der Waals surface area contributed by atoms with Crippen molar-refractivity contribution >= 4 is 45.5 Å². The molecule has 1 N–H and O–H groups in total. The molecular weight excluding hydrogens is 488 g/mol. The molecule has 7 nitrogen and oxygen atoms in total. The first-order chi connectivity index (χ1) is 17.9. The van der Waals surface area contributed by atoms with Gasteiger partial charge in [0.15, 0.2) is 5.43 Å². The highest BCUT2D eigenvalue weighted by Crippen LogP contribution is 2.29. The molecule has 2 aromatic heterocycles. The second kappa shape index (κ2) is 9.95. The van der Waals surface area contributed by atoms with Gasteiger partial charge in [0.05, 0.1) is 29.4 Å². The zero-order valence-corrected chi connectivity index (χ0v) is 21.4. The maximum absolute atomic E-state index is 12.9. The van der Waals surface area contributed by atoms with Crippen LogP contribution in [0.5, 0.6) is 5.75 Å². The van der Waals surface area contributed by atoms with Crippen LogP contribution in [0.1, 0.15) is 17.0 Å². The predicted molar refractivity (Wildman–Crippen MR) is 148 cm³/mol. The fourth-order valence-corrected chi connectivity index (χ4v) is 4.96. The molecular formula is C29H25ClN4O3. The van der Waals surface area contributed by atoms with Crippen molar-refractivity contribution < 1.29 is 9.53 Å². The Balaban J connectivity index is 1.39. The molecule has 8 heteroatoms. The van der Waals surface area contributed by atoms with E-state index in [1.165, 1.54) is 0 Å². The lowest BCUT2D eigenvalue weighted by Gasteiger charge is -2.14. The largest absolute Gasteiger partial charge is 0.495 e. The molecule has 0 saturated heterocycles. The van der Waals surface area contributed by atoms with Gasteiger partial charge in [-0.3, -0.25) is 9.59 Å². The van der Waals surface area contributed by atoms with Gasteiger partial charge in [-0.25, -0.2) is 5.43 Å². The first-order valence-electron chi connectivity index (χ1n) is 11.7. The monoisotopic (exact) mass is 512 g/mol. The lowest BCUT2D eigenvalue weighted by atomic mass is 10.1. The van der Waals surface area contributed by atoms with E-state index in [0.717, 1.165) is 22.6 Å². The average molecular weight is 513 g/mol. The molecule has 2 heterocycles. The topological polar surface area (TPSA) is 77.6 Å². The van der Waals surface area contributed by atoms with Crippen LogP contribution in [-0.4, -0.2) is 28.4 Å². The van der Waals surface area contributed by atoms with Crippen molar-refractivity contribution in [2.75, 3.05) is 7.11 Å². The molecule has 0 unspecified atom stereocenters. The molecule has 0 aliphatic carbocycles. The van der Waals surface area contributed by atoms with Gasteiger partial charge >= 0.3 is 0 Å². The number of fused-ring (bicyclic) bond motifs is 2. The van der Waals surface area contributed by atoms with Gasteiger partial charge in [0.25, 0.3) is 5.91 Å². The van der Waals surface area contributed by atoms with Crippen LogP contribution in [0, 0.1) is 13.8 Å².